The van der Waals surface area contributed by atoms with Crippen LogP contribution in [0.5, 0.6) is 5.75 Å². The Morgan fingerprint density at radius 3 is 2.47 bits per heavy atom. The fourth-order valence-corrected chi connectivity index (χ4v) is 3.04. The highest BCUT2D eigenvalue weighted by Gasteiger charge is 2.16. The Kier molecular flexibility index (Phi) is 5.00. The molecular weight excluding hydrogens is 254 g/mol. The molecule has 0 bridgehead atoms. The smallest absolute Gasteiger partial charge is 0.118 e. The van der Waals surface area contributed by atoms with E-state index in [0.717, 1.165) is 18.7 Å². The SMILES string of the molecule is CCCNC(c1ccc(OC)cc1)c1cscc1C. The van der Waals surface area contributed by atoms with E-state index in [2.05, 4.69) is 42.1 Å². The van der Waals surface area contributed by atoms with Gasteiger partial charge >= 0.3 is 0 Å². The summed E-state index contributed by atoms with van der Waals surface area (Å²) in [5, 5.41) is 8.08. The van der Waals surface area contributed by atoms with E-state index in [-0.39, 0.29) is 6.04 Å². The highest BCUT2D eigenvalue weighted by Crippen LogP contribution is 2.28. The van der Waals surface area contributed by atoms with E-state index in [9.17, 15) is 0 Å². The lowest BCUT2D eigenvalue weighted by atomic mass is 9.98. The predicted molar refractivity (Wildman–Crippen MR) is 82.2 cm³/mol. The maximum atomic E-state index is 5.23. The largest absolute Gasteiger partial charge is 0.497 e. The molecule has 1 aromatic heterocycles. The average molecular weight is 275 g/mol. The molecule has 0 aliphatic carbocycles. The van der Waals surface area contributed by atoms with Gasteiger partial charge in [-0.1, -0.05) is 19.1 Å². The Balaban J connectivity index is 2.28. The van der Waals surface area contributed by atoms with Gasteiger partial charge < -0.3 is 10.1 Å². The van der Waals surface area contributed by atoms with Crippen molar-refractivity contribution in [1.29, 1.82) is 0 Å². The van der Waals surface area contributed by atoms with Crippen LogP contribution in [0.3, 0.4) is 0 Å². The zero-order valence-electron chi connectivity index (χ0n) is 11.8. The van der Waals surface area contributed by atoms with E-state index in [1.807, 2.05) is 12.1 Å². The van der Waals surface area contributed by atoms with E-state index < -0.39 is 0 Å². The third-order valence-electron chi connectivity index (χ3n) is 3.25. The first-order chi connectivity index (χ1) is 9.26. The van der Waals surface area contributed by atoms with E-state index in [1.165, 1.54) is 16.7 Å². The highest BCUT2D eigenvalue weighted by atomic mass is 32.1. The van der Waals surface area contributed by atoms with Crippen molar-refractivity contribution in [3.63, 3.8) is 0 Å². The van der Waals surface area contributed by atoms with Crippen LogP contribution in [0.25, 0.3) is 0 Å². The van der Waals surface area contributed by atoms with Crippen LogP contribution in [0, 0.1) is 6.92 Å². The standard InChI is InChI=1S/C16H21NOS/c1-4-9-17-16(15-11-19-10-12(15)2)13-5-7-14(18-3)8-6-13/h5-8,10-11,16-17H,4,9H2,1-3H3. The Morgan fingerprint density at radius 2 is 1.95 bits per heavy atom. The Labute approximate surface area is 119 Å². The number of nitrogens with one attached hydrogen (secondary N) is 1. The maximum absolute atomic E-state index is 5.23. The second-order valence-electron chi connectivity index (χ2n) is 4.67. The van der Waals surface area contributed by atoms with Gasteiger partial charge in [0.05, 0.1) is 13.2 Å². The molecule has 2 rings (SSSR count). The molecular formula is C16H21NOS. The van der Waals surface area contributed by atoms with Gasteiger partial charge in [-0.05, 0) is 59.5 Å². The van der Waals surface area contributed by atoms with Gasteiger partial charge in [-0.3, -0.25) is 0 Å². The molecule has 0 fully saturated rings. The molecule has 19 heavy (non-hydrogen) atoms. The van der Waals surface area contributed by atoms with E-state index in [4.69, 9.17) is 4.74 Å². The first kappa shape index (κ1) is 14.1. The number of hydrogen-bond donors (Lipinski definition) is 1. The third kappa shape index (κ3) is 3.37. The van der Waals surface area contributed by atoms with Crippen LogP contribution in [0.2, 0.25) is 0 Å². The van der Waals surface area contributed by atoms with Crippen molar-refractivity contribution in [2.24, 2.45) is 0 Å². The minimum Gasteiger partial charge on any atom is -0.497 e. The summed E-state index contributed by atoms with van der Waals surface area (Å²) in [5.41, 5.74) is 4.02. The van der Waals surface area contributed by atoms with E-state index >= 15 is 0 Å². The summed E-state index contributed by atoms with van der Waals surface area (Å²) in [6.07, 6.45) is 1.13. The molecule has 2 aromatic rings. The quantitative estimate of drug-likeness (QED) is 0.855. The molecule has 0 saturated carbocycles. The van der Waals surface area contributed by atoms with Gasteiger partial charge in [0.1, 0.15) is 5.75 Å². The molecule has 1 unspecified atom stereocenters. The normalized spacial score (nSPS) is 12.4. The summed E-state index contributed by atoms with van der Waals surface area (Å²) < 4.78 is 5.23. The van der Waals surface area contributed by atoms with Gasteiger partial charge in [-0.25, -0.2) is 0 Å². The fraction of sp³-hybridized carbons (Fsp3) is 0.375. The van der Waals surface area contributed by atoms with Gasteiger partial charge in [-0.15, -0.1) is 0 Å². The fourth-order valence-electron chi connectivity index (χ4n) is 2.16. The summed E-state index contributed by atoms with van der Waals surface area (Å²) in [6.45, 7) is 5.39. The number of benzene rings is 1. The van der Waals surface area contributed by atoms with Crippen molar-refractivity contribution in [2.45, 2.75) is 26.3 Å². The van der Waals surface area contributed by atoms with Gasteiger partial charge in [0.25, 0.3) is 0 Å². The van der Waals surface area contributed by atoms with Crippen molar-refractivity contribution in [3.8, 4) is 5.75 Å². The topological polar surface area (TPSA) is 21.3 Å². The van der Waals surface area contributed by atoms with Crippen molar-refractivity contribution < 1.29 is 4.74 Å². The molecule has 0 aliphatic heterocycles. The molecule has 1 atom stereocenters. The van der Waals surface area contributed by atoms with E-state index in [1.54, 1.807) is 18.4 Å². The first-order valence-corrected chi connectivity index (χ1v) is 7.60. The number of ether oxygens (including phenoxy) is 1. The molecule has 0 amide bonds. The van der Waals surface area contributed by atoms with Crippen LogP contribution in [0.1, 0.15) is 36.1 Å². The number of thiophene rings is 1. The Morgan fingerprint density at radius 1 is 1.21 bits per heavy atom. The van der Waals surface area contributed by atoms with Gasteiger partial charge in [0.15, 0.2) is 0 Å². The minimum atomic E-state index is 0.275. The predicted octanol–water partition coefficient (Wildman–Crippen LogP) is 4.15. The Hall–Kier alpha value is -1.32. The number of rotatable bonds is 6. The maximum Gasteiger partial charge on any atom is 0.118 e. The minimum absolute atomic E-state index is 0.275. The second-order valence-corrected chi connectivity index (χ2v) is 5.41. The third-order valence-corrected chi connectivity index (χ3v) is 4.13. The molecule has 0 spiro atoms. The molecule has 2 nitrogen and oxygen atoms in total. The van der Waals surface area contributed by atoms with Crippen LogP contribution < -0.4 is 10.1 Å². The summed E-state index contributed by atoms with van der Waals surface area (Å²) in [5.74, 6) is 0.903. The van der Waals surface area contributed by atoms with Crippen LogP contribution in [0.4, 0.5) is 0 Å². The lowest BCUT2D eigenvalue weighted by Crippen LogP contribution is -2.23. The average Bonchev–Trinajstić information content (AvgIpc) is 2.86. The molecule has 0 aliphatic rings. The molecule has 1 N–H and O–H groups in total. The van der Waals surface area contributed by atoms with Crippen LogP contribution in [0.15, 0.2) is 35.0 Å². The second kappa shape index (κ2) is 6.73. The summed E-state index contributed by atoms with van der Waals surface area (Å²) in [6, 6.07) is 8.61. The molecule has 0 radical (unpaired) electrons. The number of aryl methyl sites for hydroxylation is 1. The van der Waals surface area contributed by atoms with Crippen molar-refractivity contribution >= 4 is 11.3 Å². The zero-order chi connectivity index (χ0) is 13.7. The molecule has 102 valence electrons. The van der Waals surface area contributed by atoms with Gasteiger partial charge in [0.2, 0.25) is 0 Å². The molecule has 3 heteroatoms. The number of methoxy groups -OCH3 is 1. The highest BCUT2D eigenvalue weighted by molar-refractivity contribution is 7.08. The molecule has 1 heterocycles. The Bertz CT molecular complexity index is 504. The zero-order valence-corrected chi connectivity index (χ0v) is 12.6. The van der Waals surface area contributed by atoms with Crippen LogP contribution in [-0.2, 0) is 0 Å². The molecule has 1 aromatic carbocycles. The lowest BCUT2D eigenvalue weighted by Gasteiger charge is -2.19. The van der Waals surface area contributed by atoms with Crippen LogP contribution in [-0.4, -0.2) is 13.7 Å². The van der Waals surface area contributed by atoms with Gasteiger partial charge in [-0.2, -0.15) is 11.3 Å². The van der Waals surface area contributed by atoms with E-state index in [0.29, 0.717) is 0 Å². The lowest BCUT2D eigenvalue weighted by molar-refractivity contribution is 0.414. The monoisotopic (exact) mass is 275 g/mol. The summed E-state index contributed by atoms with van der Waals surface area (Å²) in [4.78, 5) is 0. The summed E-state index contributed by atoms with van der Waals surface area (Å²) in [7, 11) is 1.70. The number of hydrogen-bond acceptors (Lipinski definition) is 3. The molecule has 0 saturated heterocycles. The van der Waals surface area contributed by atoms with Crippen molar-refractivity contribution in [1.82, 2.24) is 5.32 Å². The summed E-state index contributed by atoms with van der Waals surface area (Å²) >= 11 is 1.77. The van der Waals surface area contributed by atoms with Gasteiger partial charge in [0, 0.05) is 0 Å². The van der Waals surface area contributed by atoms with Crippen LogP contribution >= 0.6 is 11.3 Å². The van der Waals surface area contributed by atoms with Crippen molar-refractivity contribution in [2.75, 3.05) is 13.7 Å². The van der Waals surface area contributed by atoms with Crippen molar-refractivity contribution in [3.05, 3.63) is 51.7 Å². The first-order valence-electron chi connectivity index (χ1n) is 6.66.